The predicted octanol–water partition coefficient (Wildman–Crippen LogP) is 4.27. The Morgan fingerprint density at radius 3 is 2.76 bits per heavy atom. The Kier molecular flexibility index (Phi) is 5.40. The van der Waals surface area contributed by atoms with Gasteiger partial charge in [0.25, 0.3) is 0 Å². The van der Waals surface area contributed by atoms with Gasteiger partial charge in [-0.2, -0.15) is 0 Å². The number of rotatable bonds is 5. The number of para-hydroxylation sites is 1. The van der Waals surface area contributed by atoms with Crippen molar-refractivity contribution < 1.29 is 4.79 Å². The van der Waals surface area contributed by atoms with Gasteiger partial charge in [0, 0.05) is 10.7 Å². The lowest BCUT2D eigenvalue weighted by atomic mass is 10.2. The van der Waals surface area contributed by atoms with Gasteiger partial charge >= 0.3 is 0 Å². The van der Waals surface area contributed by atoms with Crippen molar-refractivity contribution in [3.05, 3.63) is 64.9 Å². The molecule has 1 N–H and O–H groups in total. The molecular weight excluding hydrogens is 356 g/mol. The third-order valence-electron chi connectivity index (χ3n) is 3.70. The highest BCUT2D eigenvalue weighted by Gasteiger charge is 2.11. The molecule has 25 heavy (non-hydrogen) atoms. The van der Waals surface area contributed by atoms with Gasteiger partial charge in [-0.1, -0.05) is 47.6 Å². The number of nitrogens with zero attached hydrogens (tertiary/aromatic N) is 3. The topological polar surface area (TPSA) is 59.8 Å². The summed E-state index contributed by atoms with van der Waals surface area (Å²) in [4.78, 5) is 12.2. The van der Waals surface area contributed by atoms with Crippen LogP contribution in [-0.4, -0.2) is 26.4 Å². The van der Waals surface area contributed by atoms with E-state index >= 15 is 0 Å². The van der Waals surface area contributed by atoms with Crippen LogP contribution >= 0.6 is 23.4 Å². The smallest absolute Gasteiger partial charge is 0.234 e. The average molecular weight is 373 g/mol. The van der Waals surface area contributed by atoms with Gasteiger partial charge in [-0.3, -0.25) is 9.36 Å². The minimum atomic E-state index is -0.0872. The van der Waals surface area contributed by atoms with Crippen LogP contribution in [0.15, 0.2) is 53.9 Å². The molecule has 0 aliphatic carbocycles. The van der Waals surface area contributed by atoms with Crippen LogP contribution in [0.2, 0.25) is 5.02 Å². The van der Waals surface area contributed by atoms with Crippen LogP contribution in [0, 0.1) is 13.8 Å². The first kappa shape index (κ1) is 17.5. The van der Waals surface area contributed by atoms with Crippen LogP contribution in [-0.2, 0) is 4.79 Å². The van der Waals surface area contributed by atoms with Crippen LogP contribution in [0.4, 0.5) is 5.69 Å². The molecule has 0 unspecified atom stereocenters. The van der Waals surface area contributed by atoms with Crippen LogP contribution < -0.4 is 5.32 Å². The largest absolute Gasteiger partial charge is 0.325 e. The molecule has 0 atom stereocenters. The zero-order chi connectivity index (χ0) is 17.8. The zero-order valence-corrected chi connectivity index (χ0v) is 15.4. The van der Waals surface area contributed by atoms with Crippen LogP contribution in [0.1, 0.15) is 11.1 Å². The summed E-state index contributed by atoms with van der Waals surface area (Å²) < 4.78 is 1.82. The molecule has 5 nitrogen and oxygen atoms in total. The van der Waals surface area contributed by atoms with E-state index in [0.29, 0.717) is 10.2 Å². The van der Waals surface area contributed by atoms with E-state index in [0.717, 1.165) is 22.5 Å². The molecule has 1 amide bonds. The van der Waals surface area contributed by atoms with Crippen molar-refractivity contribution in [1.29, 1.82) is 0 Å². The first-order valence-corrected chi connectivity index (χ1v) is 9.06. The third-order valence-corrected chi connectivity index (χ3v) is 5.05. The van der Waals surface area contributed by atoms with Crippen molar-refractivity contribution in [2.45, 2.75) is 19.0 Å². The number of anilines is 1. The quantitative estimate of drug-likeness (QED) is 0.679. The molecule has 2 aromatic carbocycles. The first-order chi connectivity index (χ1) is 12.0. The molecule has 7 heteroatoms. The minimum Gasteiger partial charge on any atom is -0.325 e. The number of amides is 1. The van der Waals surface area contributed by atoms with E-state index in [9.17, 15) is 4.79 Å². The summed E-state index contributed by atoms with van der Waals surface area (Å²) in [7, 11) is 0. The molecule has 1 aromatic heterocycles. The van der Waals surface area contributed by atoms with Gasteiger partial charge in [-0.25, -0.2) is 0 Å². The van der Waals surface area contributed by atoms with E-state index < -0.39 is 0 Å². The number of nitrogens with one attached hydrogen (secondary N) is 1. The Balaban J connectivity index is 1.68. The van der Waals surface area contributed by atoms with Crippen molar-refractivity contribution in [1.82, 2.24) is 14.8 Å². The maximum absolute atomic E-state index is 12.2. The molecule has 0 aliphatic heterocycles. The van der Waals surface area contributed by atoms with E-state index in [1.54, 1.807) is 6.33 Å². The molecule has 0 fully saturated rings. The first-order valence-electron chi connectivity index (χ1n) is 7.69. The normalized spacial score (nSPS) is 10.7. The Bertz CT molecular complexity index is 910. The van der Waals surface area contributed by atoms with Gasteiger partial charge in [0.1, 0.15) is 6.33 Å². The zero-order valence-electron chi connectivity index (χ0n) is 13.9. The lowest BCUT2D eigenvalue weighted by Crippen LogP contribution is -2.15. The fourth-order valence-corrected chi connectivity index (χ4v) is 3.16. The molecule has 3 aromatic rings. The second kappa shape index (κ2) is 7.72. The Morgan fingerprint density at radius 2 is 2.00 bits per heavy atom. The summed E-state index contributed by atoms with van der Waals surface area (Å²) in [6, 6.07) is 13.4. The van der Waals surface area contributed by atoms with Gasteiger partial charge in [-0.15, -0.1) is 10.2 Å². The van der Waals surface area contributed by atoms with Gasteiger partial charge in [0.15, 0.2) is 5.16 Å². The van der Waals surface area contributed by atoms with E-state index in [1.807, 2.05) is 60.9 Å². The number of carbonyl (C=O) groups is 1. The summed E-state index contributed by atoms with van der Waals surface area (Å²) >= 11 is 7.52. The molecule has 0 spiro atoms. The van der Waals surface area contributed by atoms with Gasteiger partial charge in [0.2, 0.25) is 5.91 Å². The monoisotopic (exact) mass is 372 g/mol. The number of hydrogen-bond acceptors (Lipinski definition) is 4. The molecule has 0 saturated heterocycles. The number of thioether (sulfide) groups is 1. The number of halogens is 1. The van der Waals surface area contributed by atoms with Crippen molar-refractivity contribution in [3.8, 4) is 5.69 Å². The lowest BCUT2D eigenvalue weighted by Gasteiger charge is -2.09. The van der Waals surface area contributed by atoms with Crippen molar-refractivity contribution >= 4 is 35.0 Å². The molecule has 0 aliphatic rings. The van der Waals surface area contributed by atoms with E-state index in [-0.39, 0.29) is 11.7 Å². The Hall–Kier alpha value is -2.31. The molecule has 3 rings (SSSR count). The molecular formula is C18H17ClN4OS. The van der Waals surface area contributed by atoms with Crippen molar-refractivity contribution in [3.63, 3.8) is 0 Å². The minimum absolute atomic E-state index is 0.0872. The molecule has 0 saturated carbocycles. The molecule has 128 valence electrons. The summed E-state index contributed by atoms with van der Waals surface area (Å²) in [5.74, 6) is 0.155. The number of aromatic nitrogens is 3. The predicted molar refractivity (Wildman–Crippen MR) is 102 cm³/mol. The van der Waals surface area contributed by atoms with Crippen LogP contribution in [0.5, 0.6) is 0 Å². The highest BCUT2D eigenvalue weighted by Crippen LogP contribution is 2.24. The fraction of sp³-hybridized carbons (Fsp3) is 0.167. The SMILES string of the molecule is Cc1ccc(-n2cnnc2SCC(=O)Nc2ccccc2C)cc1Cl. The second-order valence-corrected chi connectivity index (χ2v) is 6.92. The van der Waals surface area contributed by atoms with Crippen LogP contribution in [0.3, 0.4) is 0 Å². The molecule has 0 radical (unpaired) electrons. The summed E-state index contributed by atoms with van der Waals surface area (Å²) in [6.45, 7) is 3.91. The van der Waals surface area contributed by atoms with E-state index in [4.69, 9.17) is 11.6 Å². The van der Waals surface area contributed by atoms with Crippen LogP contribution in [0.25, 0.3) is 5.69 Å². The summed E-state index contributed by atoms with van der Waals surface area (Å²) in [5, 5.41) is 12.3. The van der Waals surface area contributed by atoms with Crippen molar-refractivity contribution in [2.24, 2.45) is 0 Å². The van der Waals surface area contributed by atoms with Gasteiger partial charge in [0.05, 0.1) is 11.4 Å². The van der Waals surface area contributed by atoms with Crippen molar-refractivity contribution in [2.75, 3.05) is 11.1 Å². The highest BCUT2D eigenvalue weighted by molar-refractivity contribution is 7.99. The Morgan fingerprint density at radius 1 is 1.20 bits per heavy atom. The second-order valence-electron chi connectivity index (χ2n) is 5.57. The maximum Gasteiger partial charge on any atom is 0.234 e. The highest BCUT2D eigenvalue weighted by atomic mass is 35.5. The third kappa shape index (κ3) is 4.21. The average Bonchev–Trinajstić information content (AvgIpc) is 3.06. The van der Waals surface area contributed by atoms with E-state index in [2.05, 4.69) is 15.5 Å². The Labute approximate surface area is 155 Å². The molecule has 1 heterocycles. The number of benzene rings is 2. The number of hydrogen-bond donors (Lipinski definition) is 1. The summed E-state index contributed by atoms with van der Waals surface area (Å²) in [6.07, 6.45) is 1.61. The molecule has 0 bridgehead atoms. The lowest BCUT2D eigenvalue weighted by molar-refractivity contribution is -0.113. The summed E-state index contributed by atoms with van der Waals surface area (Å²) in [5.41, 5.74) is 3.71. The number of carbonyl (C=O) groups excluding carboxylic acids is 1. The standard InChI is InChI=1S/C18H17ClN4OS/c1-12-7-8-14(9-15(12)19)23-11-20-22-18(23)25-10-17(24)21-16-6-4-3-5-13(16)2/h3-9,11H,10H2,1-2H3,(H,21,24). The maximum atomic E-state index is 12.2. The fourth-order valence-electron chi connectivity index (χ4n) is 2.26. The van der Waals surface area contributed by atoms with Gasteiger partial charge in [-0.05, 0) is 43.2 Å². The van der Waals surface area contributed by atoms with Gasteiger partial charge < -0.3 is 5.32 Å². The van der Waals surface area contributed by atoms with E-state index in [1.165, 1.54) is 11.8 Å². The number of aryl methyl sites for hydroxylation is 2.